The van der Waals surface area contributed by atoms with Crippen molar-refractivity contribution in [1.82, 2.24) is 15.3 Å². The normalized spacial score (nSPS) is 14.7. The Hall–Kier alpha value is -3.03. The van der Waals surface area contributed by atoms with E-state index in [0.29, 0.717) is 5.88 Å². The van der Waals surface area contributed by atoms with Gasteiger partial charge in [0.05, 0.1) is 34.0 Å². The first kappa shape index (κ1) is 23.6. The highest BCUT2D eigenvalue weighted by atomic mass is 35.5. The lowest BCUT2D eigenvalue weighted by atomic mass is 9.89. The molecule has 0 saturated carbocycles. The van der Waals surface area contributed by atoms with Crippen LogP contribution in [0.5, 0.6) is 23.4 Å². The van der Waals surface area contributed by atoms with E-state index in [1.807, 2.05) is 0 Å². The van der Waals surface area contributed by atoms with Crippen LogP contribution in [-0.4, -0.2) is 45.0 Å². The van der Waals surface area contributed by atoms with Crippen molar-refractivity contribution in [2.75, 3.05) is 35.0 Å². The second-order valence-electron chi connectivity index (χ2n) is 7.34. The Labute approximate surface area is 194 Å². The van der Waals surface area contributed by atoms with Crippen LogP contribution in [0.25, 0.3) is 11.1 Å². The van der Waals surface area contributed by atoms with Crippen LogP contribution in [0, 0.1) is 0 Å². The molecule has 0 spiro atoms. The molecule has 0 radical (unpaired) electrons. The van der Waals surface area contributed by atoms with E-state index in [1.165, 1.54) is 23.8 Å². The lowest BCUT2D eigenvalue weighted by molar-refractivity contribution is 0.352. The molecule has 0 amide bonds. The summed E-state index contributed by atoms with van der Waals surface area (Å²) >= 11 is 0. The molecule has 4 rings (SSSR count). The second-order valence-corrected chi connectivity index (χ2v) is 7.34. The van der Waals surface area contributed by atoms with Gasteiger partial charge in [0.1, 0.15) is 0 Å². The molecule has 1 unspecified atom stereocenters. The van der Waals surface area contributed by atoms with Crippen molar-refractivity contribution in [3.8, 4) is 34.5 Å². The Morgan fingerprint density at radius 2 is 1.66 bits per heavy atom. The molecule has 2 aromatic carbocycles. The summed E-state index contributed by atoms with van der Waals surface area (Å²) in [5.74, 6) is 2.03. The maximum absolute atomic E-state index is 5.52. The molecule has 0 aliphatic carbocycles. The Kier molecular flexibility index (Phi) is 7.77. The molecule has 1 aliphatic heterocycles. The highest BCUT2D eigenvalue weighted by Crippen LogP contribution is 2.36. The average Bonchev–Trinajstić information content (AvgIpc) is 2.83. The van der Waals surface area contributed by atoms with Crippen molar-refractivity contribution in [2.45, 2.75) is 18.9 Å². The topological polar surface area (TPSA) is 74.7 Å². The van der Waals surface area contributed by atoms with Crippen LogP contribution in [0.1, 0.15) is 22.7 Å². The summed E-state index contributed by atoms with van der Waals surface area (Å²) in [7, 11) is 6.47. The van der Waals surface area contributed by atoms with Gasteiger partial charge < -0.3 is 24.3 Å². The van der Waals surface area contributed by atoms with E-state index in [9.17, 15) is 0 Å². The minimum Gasteiger partial charge on any atom is -0.493 e. The molecule has 32 heavy (non-hydrogen) atoms. The number of hydrogen-bond donors (Lipinski definition) is 1. The maximum atomic E-state index is 5.52. The highest BCUT2D eigenvalue weighted by molar-refractivity contribution is 5.85. The van der Waals surface area contributed by atoms with Crippen LogP contribution in [0.15, 0.2) is 42.6 Å². The van der Waals surface area contributed by atoms with Gasteiger partial charge in [0, 0.05) is 12.2 Å². The minimum atomic E-state index is 0. The Balaban J connectivity index is 0.00000289. The predicted octanol–water partition coefficient (Wildman–Crippen LogP) is 4.03. The van der Waals surface area contributed by atoms with Gasteiger partial charge in [-0.05, 0) is 53.8 Å². The van der Waals surface area contributed by atoms with E-state index < -0.39 is 0 Å². The number of benzene rings is 2. The fourth-order valence-corrected chi connectivity index (χ4v) is 4.01. The first-order valence-corrected chi connectivity index (χ1v) is 10.2. The number of nitrogens with one attached hydrogen (secondary N) is 1. The quantitative estimate of drug-likeness (QED) is 0.574. The SMILES string of the molecule is COc1ncc(-c2ccc(CC3NCCc4cc(OC)c(OC)cc43)cc2)c(OC)n1.Cl. The number of methoxy groups -OCH3 is 4. The molecule has 1 N–H and O–H groups in total. The summed E-state index contributed by atoms with van der Waals surface area (Å²) in [6.45, 7) is 0.936. The zero-order chi connectivity index (χ0) is 21.8. The second kappa shape index (κ2) is 10.5. The molecular formula is C24H28ClN3O4. The van der Waals surface area contributed by atoms with Gasteiger partial charge in [-0.25, -0.2) is 4.98 Å². The Morgan fingerprint density at radius 1 is 0.938 bits per heavy atom. The molecule has 3 aromatic rings. The van der Waals surface area contributed by atoms with Gasteiger partial charge in [0.2, 0.25) is 5.88 Å². The summed E-state index contributed by atoms with van der Waals surface area (Å²) < 4.78 is 21.5. The zero-order valence-electron chi connectivity index (χ0n) is 18.7. The van der Waals surface area contributed by atoms with Crippen molar-refractivity contribution >= 4 is 12.4 Å². The largest absolute Gasteiger partial charge is 0.493 e. The van der Waals surface area contributed by atoms with E-state index in [1.54, 1.807) is 27.5 Å². The number of ether oxygens (including phenoxy) is 4. The van der Waals surface area contributed by atoms with Gasteiger partial charge in [0.25, 0.3) is 0 Å². The van der Waals surface area contributed by atoms with Crippen LogP contribution >= 0.6 is 12.4 Å². The lowest BCUT2D eigenvalue weighted by Gasteiger charge is -2.28. The number of nitrogens with zero attached hydrogens (tertiary/aromatic N) is 2. The monoisotopic (exact) mass is 457 g/mol. The van der Waals surface area contributed by atoms with Crippen molar-refractivity contribution in [2.24, 2.45) is 0 Å². The van der Waals surface area contributed by atoms with Crippen LogP contribution in [-0.2, 0) is 12.8 Å². The van der Waals surface area contributed by atoms with Gasteiger partial charge in [-0.2, -0.15) is 4.98 Å². The van der Waals surface area contributed by atoms with Gasteiger partial charge in [0.15, 0.2) is 11.5 Å². The molecule has 2 heterocycles. The zero-order valence-corrected chi connectivity index (χ0v) is 19.5. The lowest BCUT2D eigenvalue weighted by Crippen LogP contribution is -2.31. The third-order valence-corrected chi connectivity index (χ3v) is 5.62. The minimum absolute atomic E-state index is 0. The van der Waals surface area contributed by atoms with Gasteiger partial charge >= 0.3 is 6.01 Å². The maximum Gasteiger partial charge on any atom is 0.319 e. The van der Waals surface area contributed by atoms with Crippen molar-refractivity contribution in [3.63, 3.8) is 0 Å². The molecule has 0 bridgehead atoms. The van der Waals surface area contributed by atoms with Crippen LogP contribution < -0.4 is 24.3 Å². The molecule has 0 saturated heterocycles. The molecule has 8 heteroatoms. The summed E-state index contributed by atoms with van der Waals surface area (Å²) in [6.07, 6.45) is 3.57. The van der Waals surface area contributed by atoms with E-state index in [-0.39, 0.29) is 24.5 Å². The first-order chi connectivity index (χ1) is 15.2. The number of halogens is 1. The number of aromatic nitrogens is 2. The summed E-state index contributed by atoms with van der Waals surface area (Å²) in [5, 5.41) is 3.64. The van der Waals surface area contributed by atoms with Crippen molar-refractivity contribution < 1.29 is 18.9 Å². The van der Waals surface area contributed by atoms with Crippen molar-refractivity contribution in [1.29, 1.82) is 0 Å². The van der Waals surface area contributed by atoms with Crippen LogP contribution in [0.3, 0.4) is 0 Å². The summed E-state index contributed by atoms with van der Waals surface area (Å²) in [4.78, 5) is 8.48. The molecule has 0 fully saturated rings. The van der Waals surface area contributed by atoms with Gasteiger partial charge in [-0.15, -0.1) is 12.4 Å². The number of rotatable bonds is 7. The molecule has 1 aliphatic rings. The van der Waals surface area contributed by atoms with Gasteiger partial charge in [-0.3, -0.25) is 0 Å². The molecule has 7 nitrogen and oxygen atoms in total. The fraction of sp³-hybridized carbons (Fsp3) is 0.333. The Morgan fingerprint density at radius 3 is 2.31 bits per heavy atom. The van der Waals surface area contributed by atoms with E-state index >= 15 is 0 Å². The molecule has 1 atom stereocenters. The number of fused-ring (bicyclic) bond motifs is 1. The van der Waals surface area contributed by atoms with E-state index in [0.717, 1.165) is 42.0 Å². The van der Waals surface area contributed by atoms with Crippen LogP contribution in [0.4, 0.5) is 0 Å². The average molecular weight is 458 g/mol. The number of hydrogen-bond acceptors (Lipinski definition) is 7. The molecule has 1 aromatic heterocycles. The van der Waals surface area contributed by atoms with E-state index in [4.69, 9.17) is 18.9 Å². The Bertz CT molecular complexity index is 1060. The first-order valence-electron chi connectivity index (χ1n) is 10.2. The standard InChI is InChI=1S/C24H27N3O4.ClH/c1-28-21-12-17-9-10-25-20(18(17)13-22(21)29-2)11-15-5-7-16(8-6-15)19-14-26-24(31-4)27-23(19)30-3;/h5-8,12-14,20,25H,9-11H2,1-4H3;1H. The highest BCUT2D eigenvalue weighted by Gasteiger charge is 2.23. The summed E-state index contributed by atoms with van der Waals surface area (Å²) in [6, 6.07) is 13.1. The smallest absolute Gasteiger partial charge is 0.319 e. The van der Waals surface area contributed by atoms with E-state index in [2.05, 4.69) is 51.7 Å². The van der Waals surface area contributed by atoms with Crippen LogP contribution in [0.2, 0.25) is 0 Å². The van der Waals surface area contributed by atoms with Gasteiger partial charge in [-0.1, -0.05) is 24.3 Å². The third-order valence-electron chi connectivity index (χ3n) is 5.62. The van der Waals surface area contributed by atoms with Crippen molar-refractivity contribution in [3.05, 3.63) is 59.3 Å². The third kappa shape index (κ3) is 4.74. The predicted molar refractivity (Wildman–Crippen MR) is 126 cm³/mol. The molecule has 170 valence electrons. The fourth-order valence-electron chi connectivity index (χ4n) is 4.01. The summed E-state index contributed by atoms with van der Waals surface area (Å²) in [5.41, 5.74) is 5.62. The molecular weight excluding hydrogens is 430 g/mol.